The Morgan fingerprint density at radius 3 is 2.61 bits per heavy atom. The minimum Gasteiger partial charge on any atom is -0.431 e. The average Bonchev–Trinajstić information content (AvgIpc) is 2.97. The Balaban J connectivity index is 1.68. The second kappa shape index (κ2) is 5.55. The molecule has 0 aliphatic carbocycles. The van der Waals surface area contributed by atoms with E-state index in [-0.39, 0.29) is 5.56 Å². The first-order valence-corrected chi connectivity index (χ1v) is 8.15. The van der Waals surface area contributed by atoms with Crippen molar-refractivity contribution in [3.63, 3.8) is 0 Å². The molecule has 4 aromatic rings. The zero-order chi connectivity index (χ0) is 15.8. The number of thioether (sulfide) groups is 1. The molecule has 0 atom stereocenters. The molecule has 0 unspecified atom stereocenters. The minimum atomic E-state index is -0.0447. The van der Waals surface area contributed by atoms with Crippen LogP contribution < -0.4 is 5.56 Å². The van der Waals surface area contributed by atoms with Crippen LogP contribution >= 0.6 is 11.8 Å². The first-order chi connectivity index (χ1) is 11.2. The molecule has 0 aliphatic heterocycles. The third-order valence-corrected chi connectivity index (χ3v) is 4.45. The maximum absolute atomic E-state index is 12.6. The molecular formula is C17H13N3O2S. The van der Waals surface area contributed by atoms with Crippen LogP contribution in [0.15, 0.2) is 63.0 Å². The van der Waals surface area contributed by atoms with E-state index in [9.17, 15) is 4.79 Å². The lowest BCUT2D eigenvalue weighted by Gasteiger charge is -2.08. The predicted octanol–water partition coefficient (Wildman–Crippen LogP) is 3.60. The summed E-state index contributed by atoms with van der Waals surface area (Å²) in [5, 5.41) is 1.17. The molecule has 0 saturated heterocycles. The van der Waals surface area contributed by atoms with Gasteiger partial charge in [-0.3, -0.25) is 9.36 Å². The highest BCUT2D eigenvalue weighted by atomic mass is 32.2. The van der Waals surface area contributed by atoms with Crippen LogP contribution in [0.4, 0.5) is 0 Å². The first-order valence-electron chi connectivity index (χ1n) is 7.17. The van der Waals surface area contributed by atoms with E-state index in [1.54, 1.807) is 10.6 Å². The molecule has 23 heavy (non-hydrogen) atoms. The van der Waals surface area contributed by atoms with Crippen molar-refractivity contribution in [3.8, 4) is 0 Å². The highest BCUT2D eigenvalue weighted by Gasteiger charge is 2.10. The Morgan fingerprint density at radius 1 is 1.04 bits per heavy atom. The summed E-state index contributed by atoms with van der Waals surface area (Å²) in [6, 6.07) is 15.0. The number of nitrogens with zero attached hydrogens (tertiary/aromatic N) is 3. The summed E-state index contributed by atoms with van der Waals surface area (Å²) in [5.41, 5.74) is 2.24. The quantitative estimate of drug-likeness (QED) is 0.539. The molecule has 5 nitrogen and oxygen atoms in total. The number of aromatic nitrogens is 3. The van der Waals surface area contributed by atoms with Crippen molar-refractivity contribution in [2.24, 2.45) is 0 Å². The molecule has 0 bridgehead atoms. The van der Waals surface area contributed by atoms with Crippen LogP contribution in [0.2, 0.25) is 0 Å². The van der Waals surface area contributed by atoms with Gasteiger partial charge in [0.2, 0.25) is 0 Å². The second-order valence-corrected chi connectivity index (χ2v) is 6.03. The smallest absolute Gasteiger partial charge is 0.262 e. The van der Waals surface area contributed by atoms with Crippen LogP contribution in [0.5, 0.6) is 0 Å². The topological polar surface area (TPSA) is 60.9 Å². The molecule has 0 N–H and O–H groups in total. The molecule has 0 radical (unpaired) electrons. The molecule has 0 fully saturated rings. The van der Waals surface area contributed by atoms with Gasteiger partial charge >= 0.3 is 0 Å². The first kappa shape index (κ1) is 14.0. The molecule has 6 heteroatoms. The molecule has 114 valence electrons. The van der Waals surface area contributed by atoms with Crippen molar-refractivity contribution in [2.45, 2.75) is 18.0 Å². The van der Waals surface area contributed by atoms with E-state index in [0.717, 1.165) is 16.6 Å². The normalized spacial score (nSPS) is 11.3. The lowest BCUT2D eigenvalue weighted by molar-refractivity contribution is 0.488. The SMILES string of the molecule is Cc1nc2ccccc2c(=O)n1CSc1nc2ccccc2o1. The van der Waals surface area contributed by atoms with Crippen LogP contribution in [-0.4, -0.2) is 14.5 Å². The molecule has 2 aromatic heterocycles. The second-order valence-electron chi connectivity index (χ2n) is 5.13. The van der Waals surface area contributed by atoms with Gasteiger partial charge in [0.1, 0.15) is 11.3 Å². The predicted molar refractivity (Wildman–Crippen MR) is 90.6 cm³/mol. The zero-order valence-corrected chi connectivity index (χ0v) is 13.2. The summed E-state index contributed by atoms with van der Waals surface area (Å²) in [5.74, 6) is 1.09. The number of hydrogen-bond acceptors (Lipinski definition) is 5. The van der Waals surface area contributed by atoms with Gasteiger partial charge in [0, 0.05) is 0 Å². The summed E-state index contributed by atoms with van der Waals surface area (Å²) in [6.07, 6.45) is 0. The standard InChI is InChI=1S/C17H13N3O2S/c1-11-18-13-7-3-2-6-12(13)16(21)20(11)10-23-17-19-14-8-4-5-9-15(14)22-17/h2-9H,10H2,1H3. The van der Waals surface area contributed by atoms with Crippen molar-refractivity contribution >= 4 is 33.8 Å². The lowest BCUT2D eigenvalue weighted by atomic mass is 10.2. The van der Waals surface area contributed by atoms with Gasteiger partial charge in [-0.05, 0) is 43.0 Å². The summed E-state index contributed by atoms with van der Waals surface area (Å²) in [4.78, 5) is 21.5. The number of hydrogen-bond donors (Lipinski definition) is 0. The number of aryl methyl sites for hydroxylation is 1. The van der Waals surface area contributed by atoms with E-state index < -0.39 is 0 Å². The van der Waals surface area contributed by atoms with Gasteiger partial charge < -0.3 is 4.42 Å². The molecule has 0 aliphatic rings. The summed E-state index contributed by atoms with van der Waals surface area (Å²) < 4.78 is 7.31. The minimum absolute atomic E-state index is 0.0447. The van der Waals surface area contributed by atoms with Gasteiger partial charge in [0.05, 0.1) is 16.8 Å². The maximum Gasteiger partial charge on any atom is 0.262 e. The van der Waals surface area contributed by atoms with Crippen LogP contribution in [0, 0.1) is 6.92 Å². The largest absolute Gasteiger partial charge is 0.431 e. The molecule has 2 aromatic carbocycles. The van der Waals surface area contributed by atoms with Crippen LogP contribution in [-0.2, 0) is 5.88 Å². The van der Waals surface area contributed by atoms with Gasteiger partial charge in [-0.25, -0.2) is 9.97 Å². The van der Waals surface area contributed by atoms with E-state index in [0.29, 0.717) is 22.3 Å². The summed E-state index contributed by atoms with van der Waals surface area (Å²) in [7, 11) is 0. The van der Waals surface area contributed by atoms with Crippen molar-refractivity contribution < 1.29 is 4.42 Å². The monoisotopic (exact) mass is 323 g/mol. The molecule has 0 spiro atoms. The Labute approximate surface area is 136 Å². The van der Waals surface area contributed by atoms with Crippen molar-refractivity contribution in [1.29, 1.82) is 0 Å². The lowest BCUT2D eigenvalue weighted by Crippen LogP contribution is -2.22. The van der Waals surface area contributed by atoms with Gasteiger partial charge in [-0.2, -0.15) is 0 Å². The highest BCUT2D eigenvalue weighted by Crippen LogP contribution is 2.24. The van der Waals surface area contributed by atoms with Crippen molar-refractivity contribution in [3.05, 3.63) is 64.7 Å². The summed E-state index contributed by atoms with van der Waals surface area (Å²) in [6.45, 7) is 1.83. The van der Waals surface area contributed by atoms with E-state index in [2.05, 4.69) is 9.97 Å². The van der Waals surface area contributed by atoms with Gasteiger partial charge in [0.15, 0.2) is 5.58 Å². The fraction of sp³-hybridized carbons (Fsp3) is 0.118. The number of fused-ring (bicyclic) bond motifs is 2. The van der Waals surface area contributed by atoms with Gasteiger partial charge in [-0.15, -0.1) is 0 Å². The Hall–Kier alpha value is -2.60. The average molecular weight is 323 g/mol. The molecule has 2 heterocycles. The van der Waals surface area contributed by atoms with Crippen molar-refractivity contribution in [2.75, 3.05) is 0 Å². The number of benzene rings is 2. The van der Waals surface area contributed by atoms with Crippen LogP contribution in [0.1, 0.15) is 5.82 Å². The zero-order valence-electron chi connectivity index (χ0n) is 12.4. The van der Waals surface area contributed by atoms with Crippen molar-refractivity contribution in [1.82, 2.24) is 14.5 Å². The third kappa shape index (κ3) is 2.51. The van der Waals surface area contributed by atoms with E-state index >= 15 is 0 Å². The fourth-order valence-corrected chi connectivity index (χ4v) is 3.32. The van der Waals surface area contributed by atoms with E-state index in [1.165, 1.54) is 11.8 Å². The maximum atomic E-state index is 12.6. The van der Waals surface area contributed by atoms with Gasteiger partial charge in [0.25, 0.3) is 10.8 Å². The molecular weight excluding hydrogens is 310 g/mol. The molecule has 0 saturated carbocycles. The van der Waals surface area contributed by atoms with Crippen LogP contribution in [0.25, 0.3) is 22.0 Å². The third-order valence-electron chi connectivity index (χ3n) is 3.64. The summed E-state index contributed by atoms with van der Waals surface area (Å²) >= 11 is 1.38. The Bertz CT molecular complexity index is 1040. The fourth-order valence-electron chi connectivity index (χ4n) is 2.46. The Morgan fingerprint density at radius 2 is 1.78 bits per heavy atom. The van der Waals surface area contributed by atoms with Gasteiger partial charge in [-0.1, -0.05) is 24.3 Å². The molecule has 0 amide bonds. The Kier molecular flexibility index (Phi) is 3.38. The van der Waals surface area contributed by atoms with E-state index in [4.69, 9.17) is 4.42 Å². The number of rotatable bonds is 3. The van der Waals surface area contributed by atoms with Crippen LogP contribution in [0.3, 0.4) is 0 Å². The van der Waals surface area contributed by atoms with E-state index in [1.807, 2.05) is 49.4 Å². The highest BCUT2D eigenvalue weighted by molar-refractivity contribution is 7.98. The number of para-hydroxylation sites is 3. The molecule has 4 rings (SSSR count). The number of oxazole rings is 1.